The molecule has 0 heterocycles. The Hall–Kier alpha value is -1.51. The van der Waals surface area contributed by atoms with Gasteiger partial charge in [0, 0.05) is 0 Å². The Morgan fingerprint density at radius 2 is 2.00 bits per heavy atom. The third kappa shape index (κ3) is 1.32. The van der Waals surface area contributed by atoms with E-state index in [9.17, 15) is 4.39 Å². The third-order valence-corrected chi connectivity index (χ3v) is 1.30. The van der Waals surface area contributed by atoms with Crippen molar-refractivity contribution < 1.29 is 14.6 Å². The normalized spacial score (nSPS) is 9.55. The molecule has 0 bridgehead atoms. The average molecular weight is 154 g/mol. The topological polar surface area (TPSA) is 40.5 Å². The fourth-order valence-corrected chi connectivity index (χ4v) is 0.723. The number of halogens is 1. The lowest BCUT2D eigenvalue weighted by atomic mass is 10.2. The Balaban J connectivity index is 3.31. The molecular formula is C8H7FO2. The molecule has 0 radical (unpaired) electrons. The summed E-state index contributed by atoms with van der Waals surface area (Å²) in [5.41, 5.74) is 0.429. The van der Waals surface area contributed by atoms with Gasteiger partial charge in [-0.3, -0.25) is 0 Å². The Morgan fingerprint density at radius 3 is 2.45 bits per heavy atom. The van der Waals surface area contributed by atoms with Crippen LogP contribution in [0.25, 0.3) is 6.08 Å². The molecule has 0 unspecified atom stereocenters. The molecule has 1 rings (SSSR count). The highest BCUT2D eigenvalue weighted by Crippen LogP contribution is 2.28. The second-order valence-electron chi connectivity index (χ2n) is 2.07. The van der Waals surface area contributed by atoms with Crippen LogP contribution in [0.5, 0.6) is 11.5 Å². The first-order valence-corrected chi connectivity index (χ1v) is 2.99. The maximum atomic E-state index is 12.6. The van der Waals surface area contributed by atoms with Crippen molar-refractivity contribution in [3.05, 3.63) is 30.1 Å². The number of hydrogen-bond donors (Lipinski definition) is 2. The predicted molar refractivity (Wildman–Crippen MR) is 39.8 cm³/mol. The second kappa shape index (κ2) is 2.62. The second-order valence-corrected chi connectivity index (χ2v) is 2.07. The molecule has 0 aliphatic rings. The van der Waals surface area contributed by atoms with Crippen LogP contribution >= 0.6 is 0 Å². The van der Waals surface area contributed by atoms with Gasteiger partial charge >= 0.3 is 0 Å². The first kappa shape index (κ1) is 7.60. The molecule has 58 valence electrons. The Bertz CT molecular complexity index is 271. The molecule has 0 saturated carbocycles. The highest BCUT2D eigenvalue weighted by atomic mass is 19.1. The number of benzene rings is 1. The van der Waals surface area contributed by atoms with Gasteiger partial charge in [-0.15, -0.1) is 0 Å². The minimum absolute atomic E-state index is 0.429. The van der Waals surface area contributed by atoms with Crippen LogP contribution in [0.1, 0.15) is 5.56 Å². The largest absolute Gasteiger partial charge is 0.504 e. The molecule has 1 aromatic carbocycles. The van der Waals surface area contributed by atoms with Gasteiger partial charge in [0.1, 0.15) is 0 Å². The Labute approximate surface area is 63.2 Å². The molecule has 0 spiro atoms. The van der Waals surface area contributed by atoms with Gasteiger partial charge in [0.05, 0.1) is 0 Å². The van der Waals surface area contributed by atoms with Gasteiger partial charge in [0.2, 0.25) is 0 Å². The van der Waals surface area contributed by atoms with E-state index >= 15 is 0 Å². The lowest BCUT2D eigenvalue weighted by molar-refractivity contribution is 0.379. The van der Waals surface area contributed by atoms with Crippen LogP contribution in [0, 0.1) is 5.82 Å². The number of hydrogen-bond acceptors (Lipinski definition) is 2. The van der Waals surface area contributed by atoms with Gasteiger partial charge in [-0.2, -0.15) is 0 Å². The van der Waals surface area contributed by atoms with Crippen molar-refractivity contribution in [1.82, 2.24) is 0 Å². The zero-order valence-corrected chi connectivity index (χ0v) is 5.71. The molecule has 0 amide bonds. The summed E-state index contributed by atoms with van der Waals surface area (Å²) in [5.74, 6) is -2.05. The van der Waals surface area contributed by atoms with Crippen molar-refractivity contribution in [2.45, 2.75) is 0 Å². The SMILES string of the molecule is C=Cc1cc(O)c(O)c(F)c1. The quantitative estimate of drug-likeness (QED) is 0.606. The molecule has 1 aromatic rings. The van der Waals surface area contributed by atoms with Gasteiger partial charge in [-0.05, 0) is 17.7 Å². The molecule has 0 atom stereocenters. The highest BCUT2D eigenvalue weighted by molar-refractivity contribution is 5.54. The van der Waals surface area contributed by atoms with E-state index in [0.717, 1.165) is 6.07 Å². The first-order chi connectivity index (χ1) is 5.15. The molecule has 2 N–H and O–H groups in total. The molecule has 3 heteroatoms. The molecular weight excluding hydrogens is 147 g/mol. The lowest BCUT2D eigenvalue weighted by Crippen LogP contribution is -1.79. The summed E-state index contributed by atoms with van der Waals surface area (Å²) >= 11 is 0. The van der Waals surface area contributed by atoms with E-state index < -0.39 is 17.3 Å². The van der Waals surface area contributed by atoms with Crippen molar-refractivity contribution in [2.24, 2.45) is 0 Å². The van der Waals surface area contributed by atoms with Gasteiger partial charge in [0.15, 0.2) is 17.3 Å². The number of aromatic hydroxyl groups is 2. The van der Waals surface area contributed by atoms with E-state index in [2.05, 4.69) is 6.58 Å². The van der Waals surface area contributed by atoms with Crippen LogP contribution in [0.15, 0.2) is 18.7 Å². The fourth-order valence-electron chi connectivity index (χ4n) is 0.723. The fraction of sp³-hybridized carbons (Fsp3) is 0. The third-order valence-electron chi connectivity index (χ3n) is 1.30. The lowest BCUT2D eigenvalue weighted by Gasteiger charge is -1.99. The standard InChI is InChI=1S/C8H7FO2/c1-2-5-3-6(9)8(11)7(10)4-5/h2-4,10-11H,1H2. The zero-order chi connectivity index (χ0) is 8.43. The number of phenolic OH excluding ortho intramolecular Hbond substituents is 2. The van der Waals surface area contributed by atoms with Gasteiger partial charge in [-0.1, -0.05) is 12.7 Å². The molecule has 0 aromatic heterocycles. The molecule has 0 saturated heterocycles. The summed E-state index contributed by atoms with van der Waals surface area (Å²) in [6.45, 7) is 3.38. The number of rotatable bonds is 1. The van der Waals surface area contributed by atoms with E-state index in [4.69, 9.17) is 10.2 Å². The maximum absolute atomic E-state index is 12.6. The Kier molecular flexibility index (Phi) is 1.81. The molecule has 0 aliphatic carbocycles. The maximum Gasteiger partial charge on any atom is 0.194 e. The van der Waals surface area contributed by atoms with Gasteiger partial charge in [-0.25, -0.2) is 4.39 Å². The predicted octanol–water partition coefficient (Wildman–Crippen LogP) is 1.88. The van der Waals surface area contributed by atoms with E-state index in [1.165, 1.54) is 12.1 Å². The first-order valence-electron chi connectivity index (χ1n) is 2.99. The molecule has 0 fully saturated rings. The summed E-state index contributed by atoms with van der Waals surface area (Å²) in [7, 11) is 0. The smallest absolute Gasteiger partial charge is 0.194 e. The van der Waals surface area contributed by atoms with Crippen molar-refractivity contribution in [3.63, 3.8) is 0 Å². The summed E-state index contributed by atoms with van der Waals surface area (Å²) in [5, 5.41) is 17.6. The average Bonchev–Trinajstić information content (AvgIpc) is 1.99. The van der Waals surface area contributed by atoms with Crippen molar-refractivity contribution in [2.75, 3.05) is 0 Å². The van der Waals surface area contributed by atoms with Crippen LogP contribution in [-0.4, -0.2) is 10.2 Å². The van der Waals surface area contributed by atoms with Crippen molar-refractivity contribution >= 4 is 6.08 Å². The molecule has 11 heavy (non-hydrogen) atoms. The highest BCUT2D eigenvalue weighted by Gasteiger charge is 2.06. The van der Waals surface area contributed by atoms with E-state index in [-0.39, 0.29) is 0 Å². The van der Waals surface area contributed by atoms with Crippen molar-refractivity contribution in [1.29, 1.82) is 0 Å². The summed E-state index contributed by atoms with van der Waals surface area (Å²) in [6.07, 6.45) is 1.38. The molecule has 2 nitrogen and oxygen atoms in total. The summed E-state index contributed by atoms with van der Waals surface area (Å²) < 4.78 is 12.6. The zero-order valence-electron chi connectivity index (χ0n) is 5.71. The minimum atomic E-state index is -0.847. The van der Waals surface area contributed by atoms with Gasteiger partial charge in [0.25, 0.3) is 0 Å². The van der Waals surface area contributed by atoms with Gasteiger partial charge < -0.3 is 10.2 Å². The van der Waals surface area contributed by atoms with Crippen LogP contribution in [0.3, 0.4) is 0 Å². The van der Waals surface area contributed by atoms with Crippen LogP contribution < -0.4 is 0 Å². The van der Waals surface area contributed by atoms with Crippen LogP contribution in [-0.2, 0) is 0 Å². The van der Waals surface area contributed by atoms with Crippen LogP contribution in [0.4, 0.5) is 4.39 Å². The molecule has 0 aliphatic heterocycles. The Morgan fingerprint density at radius 1 is 1.36 bits per heavy atom. The number of phenols is 2. The van der Waals surface area contributed by atoms with Crippen LogP contribution in [0.2, 0.25) is 0 Å². The summed E-state index contributed by atoms with van der Waals surface area (Å²) in [4.78, 5) is 0. The summed E-state index contributed by atoms with van der Waals surface area (Å²) in [6, 6.07) is 2.31. The monoisotopic (exact) mass is 154 g/mol. The van der Waals surface area contributed by atoms with E-state index in [1.54, 1.807) is 0 Å². The minimum Gasteiger partial charge on any atom is -0.504 e. The van der Waals surface area contributed by atoms with E-state index in [0.29, 0.717) is 5.56 Å². The van der Waals surface area contributed by atoms with E-state index in [1.807, 2.05) is 0 Å². The van der Waals surface area contributed by atoms with Crippen molar-refractivity contribution in [3.8, 4) is 11.5 Å².